The predicted molar refractivity (Wildman–Crippen MR) is 69.2 cm³/mol. The topological polar surface area (TPSA) is 26.0 Å². The van der Waals surface area contributed by atoms with E-state index in [1.165, 1.54) is 41.9 Å². The van der Waals surface area contributed by atoms with Gasteiger partial charge in [-0.25, -0.2) is 0 Å². The number of rotatable bonds is 7. The Hall–Kier alpha value is -0.470. The summed E-state index contributed by atoms with van der Waals surface area (Å²) in [5, 5.41) is 0. The van der Waals surface area contributed by atoms with Crippen LogP contribution in [0.3, 0.4) is 0 Å². The highest BCUT2D eigenvalue weighted by molar-refractivity contribution is 7.99. The molecule has 0 saturated carbocycles. The van der Waals surface area contributed by atoms with Gasteiger partial charge in [0.05, 0.1) is 0 Å². The second kappa shape index (κ2) is 7.77. The van der Waals surface area contributed by atoms with Crippen molar-refractivity contribution in [1.29, 1.82) is 0 Å². The van der Waals surface area contributed by atoms with Crippen molar-refractivity contribution in [3.63, 3.8) is 0 Å². The standard InChI is InChI=1S/C13H21NS/c1-2-3-4-5-9-15-13-8-6-7-12(10-13)11-14/h6-8,10H,2-5,9,11,14H2,1H3. The van der Waals surface area contributed by atoms with Crippen molar-refractivity contribution in [2.75, 3.05) is 5.75 Å². The van der Waals surface area contributed by atoms with Crippen LogP contribution in [0, 0.1) is 0 Å². The van der Waals surface area contributed by atoms with Gasteiger partial charge in [0.25, 0.3) is 0 Å². The molecule has 0 heterocycles. The zero-order valence-corrected chi connectivity index (χ0v) is 10.4. The third kappa shape index (κ3) is 5.24. The Bertz CT molecular complexity index is 273. The number of unbranched alkanes of at least 4 members (excludes halogenated alkanes) is 3. The van der Waals surface area contributed by atoms with Gasteiger partial charge in [0.2, 0.25) is 0 Å². The molecule has 84 valence electrons. The Morgan fingerprint density at radius 2 is 2.07 bits per heavy atom. The van der Waals surface area contributed by atoms with Crippen LogP contribution in [0.1, 0.15) is 38.2 Å². The maximum atomic E-state index is 5.60. The fourth-order valence-corrected chi connectivity index (χ4v) is 2.47. The number of hydrogen-bond donors (Lipinski definition) is 1. The Balaban J connectivity index is 2.24. The SMILES string of the molecule is CCCCCCSc1cccc(CN)c1. The van der Waals surface area contributed by atoms with E-state index in [4.69, 9.17) is 5.73 Å². The Kier molecular flexibility index (Phi) is 6.53. The summed E-state index contributed by atoms with van der Waals surface area (Å²) in [5.74, 6) is 1.23. The summed E-state index contributed by atoms with van der Waals surface area (Å²) in [6.07, 6.45) is 5.36. The van der Waals surface area contributed by atoms with Crippen molar-refractivity contribution in [2.24, 2.45) is 5.73 Å². The zero-order chi connectivity index (χ0) is 10.9. The molecule has 0 aliphatic carbocycles. The molecule has 0 saturated heterocycles. The van der Waals surface area contributed by atoms with Gasteiger partial charge in [0.1, 0.15) is 0 Å². The molecular weight excluding hydrogens is 202 g/mol. The van der Waals surface area contributed by atoms with E-state index in [0.29, 0.717) is 6.54 Å². The van der Waals surface area contributed by atoms with Crippen LogP contribution in [0.15, 0.2) is 29.2 Å². The fraction of sp³-hybridized carbons (Fsp3) is 0.538. The Labute approximate surface area is 97.4 Å². The lowest BCUT2D eigenvalue weighted by molar-refractivity contribution is 0.706. The van der Waals surface area contributed by atoms with Crippen molar-refractivity contribution < 1.29 is 0 Å². The molecule has 0 bridgehead atoms. The molecule has 0 radical (unpaired) electrons. The smallest absolute Gasteiger partial charge is 0.0178 e. The molecule has 0 fully saturated rings. The second-order valence-corrected chi connectivity index (χ2v) is 4.93. The van der Waals surface area contributed by atoms with Gasteiger partial charge >= 0.3 is 0 Å². The highest BCUT2D eigenvalue weighted by Gasteiger charge is 1.95. The van der Waals surface area contributed by atoms with Gasteiger partial charge < -0.3 is 5.73 Å². The van der Waals surface area contributed by atoms with Crippen LogP contribution < -0.4 is 5.73 Å². The van der Waals surface area contributed by atoms with Crippen LogP contribution in [-0.2, 0) is 6.54 Å². The molecule has 1 aromatic carbocycles. The summed E-state index contributed by atoms with van der Waals surface area (Å²) < 4.78 is 0. The summed E-state index contributed by atoms with van der Waals surface area (Å²) in [7, 11) is 0. The third-order valence-electron chi connectivity index (χ3n) is 2.40. The summed E-state index contributed by atoms with van der Waals surface area (Å²) in [6, 6.07) is 8.55. The Morgan fingerprint density at radius 1 is 1.20 bits per heavy atom. The molecule has 0 aliphatic heterocycles. The minimum Gasteiger partial charge on any atom is -0.326 e. The molecular formula is C13H21NS. The molecule has 2 heteroatoms. The van der Waals surface area contributed by atoms with E-state index in [9.17, 15) is 0 Å². The lowest BCUT2D eigenvalue weighted by Crippen LogP contribution is -1.95. The van der Waals surface area contributed by atoms with Gasteiger partial charge in [-0.3, -0.25) is 0 Å². The maximum absolute atomic E-state index is 5.60. The summed E-state index contributed by atoms with van der Waals surface area (Å²) >= 11 is 1.94. The van der Waals surface area contributed by atoms with Gasteiger partial charge in [-0.2, -0.15) is 0 Å². The van der Waals surface area contributed by atoms with Crippen LogP contribution in [0.2, 0.25) is 0 Å². The van der Waals surface area contributed by atoms with Crippen LogP contribution in [0.25, 0.3) is 0 Å². The van der Waals surface area contributed by atoms with E-state index in [-0.39, 0.29) is 0 Å². The molecule has 0 unspecified atom stereocenters. The van der Waals surface area contributed by atoms with E-state index in [1.54, 1.807) is 0 Å². The molecule has 15 heavy (non-hydrogen) atoms. The van der Waals surface area contributed by atoms with Crippen LogP contribution in [-0.4, -0.2) is 5.75 Å². The molecule has 0 spiro atoms. The number of benzene rings is 1. The lowest BCUT2D eigenvalue weighted by atomic mass is 10.2. The van der Waals surface area contributed by atoms with E-state index >= 15 is 0 Å². The molecule has 0 aromatic heterocycles. The first kappa shape index (κ1) is 12.6. The Morgan fingerprint density at radius 3 is 2.80 bits per heavy atom. The lowest BCUT2D eigenvalue weighted by Gasteiger charge is -2.03. The molecule has 1 rings (SSSR count). The molecule has 0 atom stereocenters. The van der Waals surface area contributed by atoms with Crippen LogP contribution in [0.4, 0.5) is 0 Å². The van der Waals surface area contributed by atoms with Crippen LogP contribution in [0.5, 0.6) is 0 Å². The first-order valence-electron chi connectivity index (χ1n) is 5.78. The summed E-state index contributed by atoms with van der Waals surface area (Å²) in [6.45, 7) is 2.89. The number of thioether (sulfide) groups is 1. The first-order chi connectivity index (χ1) is 7.36. The number of nitrogens with two attached hydrogens (primary N) is 1. The monoisotopic (exact) mass is 223 g/mol. The van der Waals surface area contributed by atoms with E-state index in [0.717, 1.165) is 0 Å². The molecule has 0 aliphatic rings. The maximum Gasteiger partial charge on any atom is 0.0178 e. The van der Waals surface area contributed by atoms with E-state index in [1.807, 2.05) is 11.8 Å². The number of hydrogen-bond acceptors (Lipinski definition) is 2. The van der Waals surface area contributed by atoms with Crippen molar-refractivity contribution >= 4 is 11.8 Å². The normalized spacial score (nSPS) is 10.5. The summed E-state index contributed by atoms with van der Waals surface area (Å²) in [5.41, 5.74) is 6.83. The highest BCUT2D eigenvalue weighted by Crippen LogP contribution is 2.20. The highest BCUT2D eigenvalue weighted by atomic mass is 32.2. The van der Waals surface area contributed by atoms with Crippen LogP contribution >= 0.6 is 11.8 Å². The average Bonchev–Trinajstić information content (AvgIpc) is 2.29. The van der Waals surface area contributed by atoms with Crippen molar-refractivity contribution in [3.8, 4) is 0 Å². The van der Waals surface area contributed by atoms with Gasteiger partial charge in [-0.1, -0.05) is 38.3 Å². The first-order valence-corrected chi connectivity index (χ1v) is 6.77. The van der Waals surface area contributed by atoms with Crippen molar-refractivity contribution in [2.45, 2.75) is 44.0 Å². The van der Waals surface area contributed by atoms with Gasteiger partial charge in [-0.05, 0) is 29.9 Å². The largest absolute Gasteiger partial charge is 0.326 e. The van der Waals surface area contributed by atoms with E-state index in [2.05, 4.69) is 31.2 Å². The quantitative estimate of drug-likeness (QED) is 0.562. The minimum atomic E-state index is 0.643. The van der Waals surface area contributed by atoms with Gasteiger partial charge in [0.15, 0.2) is 0 Å². The van der Waals surface area contributed by atoms with E-state index < -0.39 is 0 Å². The molecule has 1 nitrogen and oxygen atoms in total. The zero-order valence-electron chi connectivity index (χ0n) is 9.54. The molecule has 0 amide bonds. The third-order valence-corrected chi connectivity index (χ3v) is 3.48. The summed E-state index contributed by atoms with van der Waals surface area (Å²) in [4.78, 5) is 1.36. The average molecular weight is 223 g/mol. The van der Waals surface area contributed by atoms with Gasteiger partial charge in [-0.15, -0.1) is 11.8 Å². The van der Waals surface area contributed by atoms with Crippen molar-refractivity contribution in [1.82, 2.24) is 0 Å². The van der Waals surface area contributed by atoms with Crippen molar-refractivity contribution in [3.05, 3.63) is 29.8 Å². The minimum absolute atomic E-state index is 0.643. The predicted octanol–water partition coefficient (Wildman–Crippen LogP) is 3.82. The molecule has 1 aromatic rings. The fourth-order valence-electron chi connectivity index (χ4n) is 1.48. The molecule has 2 N–H and O–H groups in total. The van der Waals surface area contributed by atoms with Gasteiger partial charge in [0, 0.05) is 11.4 Å². The second-order valence-electron chi connectivity index (χ2n) is 3.76.